The van der Waals surface area contributed by atoms with Crippen LogP contribution >= 0.6 is 0 Å². The van der Waals surface area contributed by atoms with Gasteiger partial charge in [0.15, 0.2) is 0 Å². The number of carbonyl (C=O) groups excluding carboxylic acids is 2. The van der Waals surface area contributed by atoms with E-state index in [1.165, 1.54) is 0 Å². The molecule has 27 heavy (non-hydrogen) atoms. The Morgan fingerprint density at radius 2 is 1.81 bits per heavy atom. The van der Waals surface area contributed by atoms with Gasteiger partial charge in [-0.25, -0.2) is 0 Å². The summed E-state index contributed by atoms with van der Waals surface area (Å²) >= 11 is 0. The summed E-state index contributed by atoms with van der Waals surface area (Å²) < 4.78 is 5.13. The third-order valence-electron chi connectivity index (χ3n) is 4.68. The fraction of sp³-hybridized carbons (Fsp3) is 0.364. The Bertz CT molecular complexity index is 851. The maximum atomic E-state index is 12.7. The van der Waals surface area contributed by atoms with Gasteiger partial charge in [0.2, 0.25) is 11.8 Å². The molecule has 2 amide bonds. The van der Waals surface area contributed by atoms with Crippen molar-refractivity contribution in [3.63, 3.8) is 0 Å². The lowest BCUT2D eigenvalue weighted by Gasteiger charge is -2.26. The summed E-state index contributed by atoms with van der Waals surface area (Å²) in [4.78, 5) is 26.9. The maximum Gasteiger partial charge on any atom is 0.232 e. The average molecular weight is 366 g/mol. The zero-order valence-corrected chi connectivity index (χ0v) is 16.3. The van der Waals surface area contributed by atoms with Gasteiger partial charge >= 0.3 is 0 Å². The van der Waals surface area contributed by atoms with Crippen molar-refractivity contribution in [2.45, 2.75) is 33.6 Å². The van der Waals surface area contributed by atoms with Crippen LogP contribution in [0.5, 0.6) is 5.75 Å². The van der Waals surface area contributed by atoms with Gasteiger partial charge in [0.1, 0.15) is 5.75 Å². The second kappa shape index (κ2) is 7.43. The maximum absolute atomic E-state index is 12.7. The van der Waals surface area contributed by atoms with E-state index in [9.17, 15) is 9.59 Å². The number of carbonyl (C=O) groups is 2. The molecule has 2 aromatic carbocycles. The van der Waals surface area contributed by atoms with Crippen LogP contribution in [0.4, 0.5) is 11.4 Å². The molecule has 3 rings (SSSR count). The summed E-state index contributed by atoms with van der Waals surface area (Å²) in [6.45, 7) is 6.46. The zero-order chi connectivity index (χ0) is 19.6. The normalized spacial score (nSPS) is 13.3. The second-order valence-corrected chi connectivity index (χ2v) is 7.87. The van der Waals surface area contributed by atoms with E-state index in [0.717, 1.165) is 29.0 Å². The van der Waals surface area contributed by atoms with Crippen molar-refractivity contribution in [3.05, 3.63) is 53.6 Å². The van der Waals surface area contributed by atoms with Crippen LogP contribution in [0.1, 0.15) is 31.9 Å². The molecule has 1 aliphatic rings. The highest BCUT2D eigenvalue weighted by Gasteiger charge is 2.32. The van der Waals surface area contributed by atoms with Crippen LogP contribution < -0.4 is 15.0 Å². The van der Waals surface area contributed by atoms with Crippen molar-refractivity contribution in [2.75, 3.05) is 23.9 Å². The highest BCUT2D eigenvalue weighted by atomic mass is 16.5. The molecule has 0 spiro atoms. The van der Waals surface area contributed by atoms with Crippen LogP contribution in [0.2, 0.25) is 0 Å². The molecular weight excluding hydrogens is 340 g/mol. The molecule has 0 atom stereocenters. The van der Waals surface area contributed by atoms with Gasteiger partial charge in [-0.05, 0) is 41.8 Å². The number of amides is 2. The molecule has 0 radical (unpaired) electrons. The highest BCUT2D eigenvalue weighted by Crippen LogP contribution is 2.34. The molecule has 0 fully saturated rings. The molecule has 0 aromatic heterocycles. The van der Waals surface area contributed by atoms with Crippen LogP contribution in [0.3, 0.4) is 0 Å². The predicted molar refractivity (Wildman–Crippen MR) is 107 cm³/mol. The molecule has 142 valence electrons. The van der Waals surface area contributed by atoms with Crippen molar-refractivity contribution in [1.29, 1.82) is 0 Å². The first-order chi connectivity index (χ1) is 12.8. The molecule has 2 aromatic rings. The van der Waals surface area contributed by atoms with Gasteiger partial charge in [0, 0.05) is 23.3 Å². The van der Waals surface area contributed by atoms with E-state index in [1.54, 1.807) is 7.11 Å². The minimum absolute atomic E-state index is 0.0909. The number of nitrogens with one attached hydrogen (secondary N) is 1. The molecule has 0 unspecified atom stereocenters. The monoisotopic (exact) mass is 366 g/mol. The number of ether oxygens (including phenoxy) is 1. The lowest BCUT2D eigenvalue weighted by molar-refractivity contribution is -0.125. The fourth-order valence-corrected chi connectivity index (χ4v) is 3.21. The largest absolute Gasteiger partial charge is 0.497 e. The van der Waals surface area contributed by atoms with Crippen LogP contribution in [-0.2, 0) is 22.4 Å². The van der Waals surface area contributed by atoms with Crippen molar-refractivity contribution < 1.29 is 14.3 Å². The highest BCUT2D eigenvalue weighted by molar-refractivity contribution is 6.00. The predicted octanol–water partition coefficient (Wildman–Crippen LogP) is 3.81. The Labute approximate surface area is 160 Å². The van der Waals surface area contributed by atoms with Gasteiger partial charge in [-0.1, -0.05) is 39.0 Å². The van der Waals surface area contributed by atoms with Crippen molar-refractivity contribution in [3.8, 4) is 5.75 Å². The number of benzene rings is 2. The van der Waals surface area contributed by atoms with E-state index in [2.05, 4.69) is 5.32 Å². The Balaban J connectivity index is 1.71. The topological polar surface area (TPSA) is 58.6 Å². The summed E-state index contributed by atoms with van der Waals surface area (Å²) in [6, 6.07) is 13.2. The first kappa shape index (κ1) is 19.0. The number of nitrogens with zero attached hydrogens (tertiary/aromatic N) is 1. The minimum Gasteiger partial charge on any atom is -0.497 e. The molecule has 0 bridgehead atoms. The summed E-state index contributed by atoms with van der Waals surface area (Å²) in [5.41, 5.74) is 3.23. The van der Waals surface area contributed by atoms with Gasteiger partial charge in [-0.2, -0.15) is 0 Å². The van der Waals surface area contributed by atoms with Crippen LogP contribution in [0, 0.1) is 5.41 Å². The van der Waals surface area contributed by atoms with Crippen molar-refractivity contribution >= 4 is 23.2 Å². The van der Waals surface area contributed by atoms with E-state index in [-0.39, 0.29) is 18.2 Å². The summed E-state index contributed by atoms with van der Waals surface area (Å²) in [5, 5.41) is 2.94. The smallest absolute Gasteiger partial charge is 0.232 e. The average Bonchev–Trinajstić information content (AvgIpc) is 3.04. The summed E-state index contributed by atoms with van der Waals surface area (Å²) in [7, 11) is 1.61. The molecule has 5 nitrogen and oxygen atoms in total. The van der Waals surface area contributed by atoms with E-state index in [1.807, 2.05) is 68.1 Å². The first-order valence-corrected chi connectivity index (χ1v) is 9.15. The third kappa shape index (κ3) is 4.30. The molecule has 5 heteroatoms. The van der Waals surface area contributed by atoms with Gasteiger partial charge < -0.3 is 15.0 Å². The third-order valence-corrected chi connectivity index (χ3v) is 4.68. The Morgan fingerprint density at radius 3 is 2.44 bits per heavy atom. The molecule has 0 saturated heterocycles. The number of methoxy groups -OCH3 is 1. The number of anilines is 2. The van der Waals surface area contributed by atoms with E-state index in [0.29, 0.717) is 12.2 Å². The molecule has 1 heterocycles. The Kier molecular flexibility index (Phi) is 5.22. The standard InChI is InChI=1S/C22H26N2O3/c1-22(2,3)21(26)24-12-11-16-7-8-17(14-19(16)24)23-20(25)13-15-5-9-18(27-4)10-6-15/h5-10,14H,11-13H2,1-4H3,(H,23,25). The van der Waals surface area contributed by atoms with E-state index in [4.69, 9.17) is 4.74 Å². The van der Waals surface area contributed by atoms with Gasteiger partial charge in [-0.3, -0.25) is 9.59 Å². The van der Waals surface area contributed by atoms with Gasteiger partial charge in [-0.15, -0.1) is 0 Å². The fourth-order valence-electron chi connectivity index (χ4n) is 3.21. The molecule has 1 aliphatic heterocycles. The van der Waals surface area contributed by atoms with Crippen molar-refractivity contribution in [2.24, 2.45) is 5.41 Å². The summed E-state index contributed by atoms with van der Waals surface area (Å²) in [5.74, 6) is 0.774. The Morgan fingerprint density at radius 1 is 1.11 bits per heavy atom. The molecular formula is C22H26N2O3. The van der Waals surface area contributed by atoms with Crippen LogP contribution in [-0.4, -0.2) is 25.5 Å². The SMILES string of the molecule is COc1ccc(CC(=O)Nc2ccc3c(c2)N(C(=O)C(C)(C)C)CC3)cc1. The quantitative estimate of drug-likeness (QED) is 0.895. The first-order valence-electron chi connectivity index (χ1n) is 9.15. The number of fused-ring (bicyclic) bond motifs is 1. The number of hydrogen-bond acceptors (Lipinski definition) is 3. The molecule has 0 saturated carbocycles. The summed E-state index contributed by atoms with van der Waals surface area (Å²) in [6.07, 6.45) is 1.13. The van der Waals surface area contributed by atoms with E-state index < -0.39 is 5.41 Å². The zero-order valence-electron chi connectivity index (χ0n) is 16.3. The van der Waals surface area contributed by atoms with Crippen molar-refractivity contribution in [1.82, 2.24) is 0 Å². The number of hydrogen-bond donors (Lipinski definition) is 1. The van der Waals surface area contributed by atoms with Crippen LogP contribution in [0.25, 0.3) is 0 Å². The lowest BCUT2D eigenvalue weighted by atomic mass is 9.94. The second-order valence-electron chi connectivity index (χ2n) is 7.87. The molecule has 0 aliphatic carbocycles. The van der Waals surface area contributed by atoms with E-state index >= 15 is 0 Å². The molecule has 1 N–H and O–H groups in total. The Hall–Kier alpha value is -2.82. The van der Waals surface area contributed by atoms with Crippen LogP contribution in [0.15, 0.2) is 42.5 Å². The minimum atomic E-state index is -0.435. The van der Waals surface area contributed by atoms with Gasteiger partial charge in [0.25, 0.3) is 0 Å². The lowest BCUT2D eigenvalue weighted by Crippen LogP contribution is -2.38. The number of rotatable bonds is 4. The van der Waals surface area contributed by atoms with Gasteiger partial charge in [0.05, 0.1) is 13.5 Å².